The number of hydrogen-bond acceptors (Lipinski definition) is 2. The molecule has 0 radical (unpaired) electrons. The number of hydrogen-bond donors (Lipinski definition) is 2. The van der Waals surface area contributed by atoms with Crippen LogP contribution in [0.15, 0.2) is 28.7 Å². The third-order valence-electron chi connectivity index (χ3n) is 2.72. The van der Waals surface area contributed by atoms with Gasteiger partial charge in [0.05, 0.1) is 5.56 Å². The molecular weight excluding hydrogens is 284 g/mol. The summed E-state index contributed by atoms with van der Waals surface area (Å²) in [6.07, 6.45) is 1.17. The summed E-state index contributed by atoms with van der Waals surface area (Å²) in [4.78, 5) is 22.9. The molecule has 5 heteroatoms. The van der Waals surface area contributed by atoms with Gasteiger partial charge in [0.25, 0.3) is 5.91 Å². The van der Waals surface area contributed by atoms with Crippen LogP contribution in [0.2, 0.25) is 0 Å². The lowest BCUT2D eigenvalue weighted by atomic mass is 10.1. The van der Waals surface area contributed by atoms with Gasteiger partial charge in [0.1, 0.15) is 0 Å². The molecule has 1 aromatic carbocycles. The quantitative estimate of drug-likeness (QED) is 0.868. The van der Waals surface area contributed by atoms with E-state index < -0.39 is 0 Å². The zero-order valence-corrected chi connectivity index (χ0v) is 10.8. The number of carbonyl (C=O) groups excluding carboxylic acids is 2. The van der Waals surface area contributed by atoms with Gasteiger partial charge in [-0.25, -0.2) is 0 Å². The van der Waals surface area contributed by atoms with Crippen LogP contribution in [0.1, 0.15) is 23.2 Å². The van der Waals surface area contributed by atoms with Crippen molar-refractivity contribution in [3.8, 4) is 0 Å². The minimum Gasteiger partial charge on any atom is -0.354 e. The van der Waals surface area contributed by atoms with Crippen molar-refractivity contribution in [3.05, 3.63) is 34.3 Å². The molecule has 0 unspecified atom stereocenters. The van der Waals surface area contributed by atoms with Gasteiger partial charge in [-0.1, -0.05) is 12.1 Å². The fourth-order valence-corrected chi connectivity index (χ4v) is 2.23. The molecule has 1 heterocycles. The number of rotatable bonds is 2. The number of piperidine rings is 1. The summed E-state index contributed by atoms with van der Waals surface area (Å²) in [7, 11) is 0. The molecule has 1 aliphatic rings. The van der Waals surface area contributed by atoms with Gasteiger partial charge >= 0.3 is 0 Å². The maximum absolute atomic E-state index is 12.0. The van der Waals surface area contributed by atoms with Gasteiger partial charge in [-0.3, -0.25) is 9.59 Å². The third kappa shape index (κ3) is 3.06. The molecule has 1 aliphatic heterocycles. The lowest BCUT2D eigenvalue weighted by molar-refractivity contribution is -0.122. The maximum atomic E-state index is 12.0. The predicted molar refractivity (Wildman–Crippen MR) is 67.6 cm³/mol. The van der Waals surface area contributed by atoms with Gasteiger partial charge in [0.15, 0.2) is 0 Å². The molecule has 17 heavy (non-hydrogen) atoms. The van der Waals surface area contributed by atoms with Crippen molar-refractivity contribution in [2.75, 3.05) is 6.54 Å². The van der Waals surface area contributed by atoms with E-state index in [9.17, 15) is 9.59 Å². The van der Waals surface area contributed by atoms with Crippen molar-refractivity contribution in [1.82, 2.24) is 10.6 Å². The van der Waals surface area contributed by atoms with Crippen LogP contribution < -0.4 is 10.6 Å². The summed E-state index contributed by atoms with van der Waals surface area (Å²) in [5.41, 5.74) is 0.615. The first-order valence-electron chi connectivity index (χ1n) is 5.49. The molecule has 0 saturated carbocycles. The molecule has 2 N–H and O–H groups in total. The highest BCUT2D eigenvalue weighted by molar-refractivity contribution is 9.10. The Morgan fingerprint density at radius 2 is 2.18 bits per heavy atom. The van der Waals surface area contributed by atoms with Gasteiger partial charge in [-0.05, 0) is 34.5 Å². The summed E-state index contributed by atoms with van der Waals surface area (Å²) in [5, 5.41) is 5.65. The number of nitrogens with one attached hydrogen (secondary N) is 2. The molecule has 0 aliphatic carbocycles. The van der Waals surface area contributed by atoms with Gasteiger partial charge in [-0.15, -0.1) is 0 Å². The van der Waals surface area contributed by atoms with Crippen LogP contribution in [0.25, 0.3) is 0 Å². The fourth-order valence-electron chi connectivity index (χ4n) is 1.76. The van der Waals surface area contributed by atoms with E-state index >= 15 is 0 Å². The second kappa shape index (κ2) is 5.31. The van der Waals surface area contributed by atoms with Crippen LogP contribution in [0.4, 0.5) is 0 Å². The van der Waals surface area contributed by atoms with Gasteiger partial charge in [0.2, 0.25) is 5.91 Å². The monoisotopic (exact) mass is 296 g/mol. The van der Waals surface area contributed by atoms with E-state index in [1.807, 2.05) is 18.2 Å². The molecule has 1 saturated heterocycles. The molecule has 0 spiro atoms. The highest BCUT2D eigenvalue weighted by Gasteiger charge is 2.20. The second-order valence-electron chi connectivity index (χ2n) is 3.99. The SMILES string of the molecule is O=C1CC[C@@H](NC(=O)c2ccccc2Br)CN1. The van der Waals surface area contributed by atoms with Crippen molar-refractivity contribution in [2.24, 2.45) is 0 Å². The highest BCUT2D eigenvalue weighted by atomic mass is 79.9. The van der Waals surface area contributed by atoms with Crippen molar-refractivity contribution in [1.29, 1.82) is 0 Å². The Kier molecular flexibility index (Phi) is 3.78. The summed E-state index contributed by atoms with van der Waals surface area (Å²) in [5.74, 6) is -0.0602. The Hall–Kier alpha value is -1.36. The predicted octanol–water partition coefficient (Wildman–Crippen LogP) is 1.46. The molecule has 0 bridgehead atoms. The Balaban J connectivity index is 1.98. The molecule has 1 aromatic rings. The minimum atomic E-state index is -0.112. The molecule has 2 amide bonds. The van der Waals surface area contributed by atoms with Crippen molar-refractivity contribution in [2.45, 2.75) is 18.9 Å². The number of carbonyl (C=O) groups is 2. The van der Waals surface area contributed by atoms with E-state index in [1.165, 1.54) is 0 Å². The summed E-state index contributed by atoms with van der Waals surface area (Å²) in [6, 6.07) is 7.30. The summed E-state index contributed by atoms with van der Waals surface area (Å²) < 4.78 is 0.775. The molecule has 2 rings (SSSR count). The summed E-state index contributed by atoms with van der Waals surface area (Å²) in [6.45, 7) is 0.509. The second-order valence-corrected chi connectivity index (χ2v) is 4.85. The molecule has 90 valence electrons. The summed E-state index contributed by atoms with van der Waals surface area (Å²) >= 11 is 3.34. The lowest BCUT2D eigenvalue weighted by Crippen LogP contribution is -2.47. The van der Waals surface area contributed by atoms with Crippen LogP contribution in [0.5, 0.6) is 0 Å². The topological polar surface area (TPSA) is 58.2 Å². The first-order valence-corrected chi connectivity index (χ1v) is 6.28. The number of benzene rings is 1. The molecular formula is C12H13BrN2O2. The van der Waals surface area contributed by atoms with E-state index in [4.69, 9.17) is 0 Å². The van der Waals surface area contributed by atoms with Crippen LogP contribution in [0.3, 0.4) is 0 Å². The average Bonchev–Trinajstić information content (AvgIpc) is 2.32. The Labute approximate surface area is 108 Å². The fraction of sp³-hybridized carbons (Fsp3) is 0.333. The van der Waals surface area contributed by atoms with Crippen LogP contribution >= 0.6 is 15.9 Å². The first kappa shape index (κ1) is 12.1. The van der Waals surface area contributed by atoms with Crippen LogP contribution in [0, 0.1) is 0 Å². The van der Waals surface area contributed by atoms with Crippen LogP contribution in [-0.4, -0.2) is 24.4 Å². The normalized spacial score (nSPS) is 19.6. The first-order chi connectivity index (χ1) is 8.16. The van der Waals surface area contributed by atoms with E-state index in [2.05, 4.69) is 26.6 Å². The molecule has 4 nitrogen and oxygen atoms in total. The average molecular weight is 297 g/mol. The molecule has 1 atom stereocenters. The zero-order valence-electron chi connectivity index (χ0n) is 9.20. The smallest absolute Gasteiger partial charge is 0.252 e. The Morgan fingerprint density at radius 1 is 1.41 bits per heavy atom. The standard InChI is InChI=1S/C12H13BrN2O2/c13-10-4-2-1-3-9(10)12(17)15-8-5-6-11(16)14-7-8/h1-4,8H,5-7H2,(H,14,16)(H,15,17)/t8-/m1/s1. The molecule has 0 aromatic heterocycles. The van der Waals surface area contributed by atoms with E-state index in [0.29, 0.717) is 24.9 Å². The number of halogens is 1. The zero-order chi connectivity index (χ0) is 12.3. The van der Waals surface area contributed by atoms with E-state index in [0.717, 1.165) is 4.47 Å². The van der Waals surface area contributed by atoms with Crippen LogP contribution in [-0.2, 0) is 4.79 Å². The maximum Gasteiger partial charge on any atom is 0.252 e. The van der Waals surface area contributed by atoms with E-state index in [1.54, 1.807) is 6.07 Å². The van der Waals surface area contributed by atoms with Gasteiger partial charge in [-0.2, -0.15) is 0 Å². The van der Waals surface area contributed by atoms with Crippen molar-refractivity contribution < 1.29 is 9.59 Å². The Bertz CT molecular complexity index is 438. The van der Waals surface area contributed by atoms with E-state index in [-0.39, 0.29) is 17.9 Å². The Morgan fingerprint density at radius 3 is 2.82 bits per heavy atom. The highest BCUT2D eigenvalue weighted by Crippen LogP contribution is 2.16. The van der Waals surface area contributed by atoms with Gasteiger partial charge < -0.3 is 10.6 Å². The van der Waals surface area contributed by atoms with Crippen molar-refractivity contribution >= 4 is 27.7 Å². The largest absolute Gasteiger partial charge is 0.354 e. The lowest BCUT2D eigenvalue weighted by Gasteiger charge is -2.23. The van der Waals surface area contributed by atoms with Crippen molar-refractivity contribution in [3.63, 3.8) is 0 Å². The van der Waals surface area contributed by atoms with Gasteiger partial charge in [0, 0.05) is 23.5 Å². The number of amides is 2. The third-order valence-corrected chi connectivity index (χ3v) is 3.41. The minimum absolute atomic E-state index is 0.0207. The molecule has 1 fully saturated rings.